The lowest BCUT2D eigenvalue weighted by molar-refractivity contribution is -0.0499. The van der Waals surface area contributed by atoms with Crippen LogP contribution in [0.1, 0.15) is 44.2 Å². The van der Waals surface area contributed by atoms with E-state index >= 15 is 0 Å². The Morgan fingerprint density at radius 1 is 1.33 bits per heavy atom. The van der Waals surface area contributed by atoms with Crippen molar-refractivity contribution in [1.82, 2.24) is 5.32 Å². The standard InChI is InChI=1S/C16H23F2NOS/c1-12(19-11-16(21-2)8-3-4-9-16)13-6-5-7-14(10-13)20-15(17)18/h5-7,10,12,15,19H,3-4,8-9,11H2,1-2H3. The third kappa shape index (κ3) is 4.58. The molecule has 0 radical (unpaired) electrons. The van der Waals surface area contributed by atoms with E-state index in [-0.39, 0.29) is 11.8 Å². The van der Waals surface area contributed by atoms with Crippen LogP contribution < -0.4 is 10.1 Å². The van der Waals surface area contributed by atoms with Crippen molar-refractivity contribution in [3.8, 4) is 5.75 Å². The second-order valence-electron chi connectivity index (χ2n) is 5.65. The fraction of sp³-hybridized carbons (Fsp3) is 0.625. The molecule has 1 aliphatic carbocycles. The average molecular weight is 315 g/mol. The molecule has 2 nitrogen and oxygen atoms in total. The van der Waals surface area contributed by atoms with Crippen molar-refractivity contribution in [1.29, 1.82) is 0 Å². The summed E-state index contributed by atoms with van der Waals surface area (Å²) in [5, 5.41) is 3.55. The quantitative estimate of drug-likeness (QED) is 0.793. The summed E-state index contributed by atoms with van der Waals surface area (Å²) in [5.74, 6) is 0.219. The number of hydrogen-bond acceptors (Lipinski definition) is 3. The lowest BCUT2D eigenvalue weighted by atomic mass is 10.0. The summed E-state index contributed by atoms with van der Waals surface area (Å²) in [7, 11) is 0. The number of nitrogens with one attached hydrogen (secondary N) is 1. The van der Waals surface area contributed by atoms with Gasteiger partial charge in [0.05, 0.1) is 0 Å². The van der Waals surface area contributed by atoms with Gasteiger partial charge in [0.1, 0.15) is 5.75 Å². The summed E-state index contributed by atoms with van der Waals surface area (Å²) < 4.78 is 29.3. The summed E-state index contributed by atoms with van der Waals surface area (Å²) in [4.78, 5) is 0. The van der Waals surface area contributed by atoms with E-state index in [1.165, 1.54) is 25.7 Å². The van der Waals surface area contributed by atoms with Crippen molar-refractivity contribution < 1.29 is 13.5 Å². The van der Waals surface area contributed by atoms with E-state index in [1.807, 2.05) is 17.8 Å². The third-order valence-corrected chi connectivity index (χ3v) is 5.68. The van der Waals surface area contributed by atoms with Gasteiger partial charge in [-0.25, -0.2) is 0 Å². The summed E-state index contributed by atoms with van der Waals surface area (Å²) in [6, 6.07) is 7.06. The van der Waals surface area contributed by atoms with Gasteiger partial charge in [0.15, 0.2) is 0 Å². The lowest BCUT2D eigenvalue weighted by Crippen LogP contribution is -2.36. The number of hydrogen-bond donors (Lipinski definition) is 1. The van der Waals surface area contributed by atoms with Crippen LogP contribution in [0.4, 0.5) is 8.78 Å². The Morgan fingerprint density at radius 3 is 2.67 bits per heavy atom. The number of halogens is 2. The molecule has 1 aliphatic rings. The fourth-order valence-electron chi connectivity index (χ4n) is 2.89. The molecular formula is C16H23F2NOS. The van der Waals surface area contributed by atoms with Crippen molar-refractivity contribution in [2.24, 2.45) is 0 Å². The summed E-state index contributed by atoms with van der Waals surface area (Å²) in [5.41, 5.74) is 0.974. The van der Waals surface area contributed by atoms with E-state index < -0.39 is 6.61 Å². The van der Waals surface area contributed by atoms with Crippen molar-refractivity contribution in [2.75, 3.05) is 12.8 Å². The number of ether oxygens (including phenoxy) is 1. The van der Waals surface area contributed by atoms with Crippen LogP contribution in [0, 0.1) is 0 Å². The predicted molar refractivity (Wildman–Crippen MR) is 84.2 cm³/mol. The molecule has 0 spiro atoms. The highest BCUT2D eigenvalue weighted by Crippen LogP contribution is 2.40. The van der Waals surface area contributed by atoms with Gasteiger partial charge in [-0.3, -0.25) is 0 Å². The SMILES string of the molecule is CSC1(CNC(C)c2cccc(OC(F)F)c2)CCCC1. The van der Waals surface area contributed by atoms with E-state index in [2.05, 4.69) is 23.2 Å². The zero-order chi connectivity index (χ0) is 15.3. The molecule has 0 bridgehead atoms. The molecule has 5 heteroatoms. The summed E-state index contributed by atoms with van der Waals surface area (Å²) in [6.07, 6.45) is 7.28. The number of benzene rings is 1. The minimum atomic E-state index is -2.78. The second kappa shape index (κ2) is 7.45. The Hall–Kier alpha value is -0.810. The van der Waals surface area contributed by atoms with Crippen molar-refractivity contribution in [2.45, 2.75) is 50.0 Å². The lowest BCUT2D eigenvalue weighted by Gasteiger charge is -2.29. The molecule has 0 aromatic heterocycles. The number of thioether (sulfide) groups is 1. The van der Waals surface area contributed by atoms with Crippen molar-refractivity contribution in [3.63, 3.8) is 0 Å². The molecule has 0 heterocycles. The van der Waals surface area contributed by atoms with Gasteiger partial charge in [-0.05, 0) is 43.7 Å². The van der Waals surface area contributed by atoms with Gasteiger partial charge >= 0.3 is 6.61 Å². The molecule has 118 valence electrons. The van der Waals surface area contributed by atoms with E-state index in [9.17, 15) is 8.78 Å². The predicted octanol–water partition coefficient (Wildman–Crippen LogP) is 4.61. The summed E-state index contributed by atoms with van der Waals surface area (Å²) >= 11 is 1.94. The van der Waals surface area contributed by atoms with Gasteiger partial charge in [-0.2, -0.15) is 20.5 Å². The molecule has 0 amide bonds. The van der Waals surface area contributed by atoms with E-state index in [0.29, 0.717) is 4.75 Å². The molecule has 0 saturated heterocycles. The van der Waals surface area contributed by atoms with Crippen LogP contribution >= 0.6 is 11.8 Å². The molecule has 2 rings (SSSR count). The zero-order valence-electron chi connectivity index (χ0n) is 12.6. The molecule has 1 aromatic rings. The van der Waals surface area contributed by atoms with Gasteiger partial charge in [-0.15, -0.1) is 0 Å². The van der Waals surface area contributed by atoms with E-state index in [0.717, 1.165) is 12.1 Å². The molecule has 1 fully saturated rings. The maximum atomic E-state index is 12.3. The minimum absolute atomic E-state index is 0.121. The van der Waals surface area contributed by atoms with Gasteiger partial charge in [0.2, 0.25) is 0 Å². The molecule has 1 unspecified atom stereocenters. The Morgan fingerprint density at radius 2 is 2.05 bits per heavy atom. The maximum absolute atomic E-state index is 12.3. The monoisotopic (exact) mass is 315 g/mol. The topological polar surface area (TPSA) is 21.3 Å². The Kier molecular flexibility index (Phi) is 5.88. The van der Waals surface area contributed by atoms with Gasteiger partial charge in [0.25, 0.3) is 0 Å². The van der Waals surface area contributed by atoms with E-state index in [1.54, 1.807) is 18.2 Å². The van der Waals surface area contributed by atoms with Crippen molar-refractivity contribution in [3.05, 3.63) is 29.8 Å². The Bertz CT molecular complexity index is 450. The van der Waals surface area contributed by atoms with Crippen LogP contribution in [0.2, 0.25) is 0 Å². The first-order chi connectivity index (χ1) is 10.0. The average Bonchev–Trinajstić information content (AvgIpc) is 2.94. The first-order valence-electron chi connectivity index (χ1n) is 7.38. The molecule has 0 aliphatic heterocycles. The van der Waals surface area contributed by atoms with Crippen LogP contribution in [-0.4, -0.2) is 24.2 Å². The zero-order valence-corrected chi connectivity index (χ0v) is 13.4. The summed E-state index contributed by atoms with van der Waals surface area (Å²) in [6.45, 7) is 0.237. The van der Waals surface area contributed by atoms with Crippen LogP contribution in [0.3, 0.4) is 0 Å². The van der Waals surface area contributed by atoms with Crippen LogP contribution in [0.25, 0.3) is 0 Å². The molecule has 1 saturated carbocycles. The largest absolute Gasteiger partial charge is 0.435 e. The first kappa shape index (κ1) is 16.6. The third-order valence-electron chi connectivity index (χ3n) is 4.26. The van der Waals surface area contributed by atoms with Crippen LogP contribution in [-0.2, 0) is 0 Å². The highest BCUT2D eigenvalue weighted by atomic mass is 32.2. The molecule has 1 aromatic carbocycles. The Labute approximate surface area is 129 Å². The second-order valence-corrected chi connectivity index (χ2v) is 6.92. The first-order valence-corrected chi connectivity index (χ1v) is 8.60. The fourth-order valence-corrected chi connectivity index (χ4v) is 3.81. The molecule has 1 atom stereocenters. The highest BCUT2D eigenvalue weighted by molar-refractivity contribution is 8.00. The highest BCUT2D eigenvalue weighted by Gasteiger charge is 2.32. The minimum Gasteiger partial charge on any atom is -0.435 e. The van der Waals surface area contributed by atoms with Crippen LogP contribution in [0.15, 0.2) is 24.3 Å². The van der Waals surface area contributed by atoms with E-state index in [4.69, 9.17) is 0 Å². The molecule has 1 N–H and O–H groups in total. The van der Waals surface area contributed by atoms with Gasteiger partial charge < -0.3 is 10.1 Å². The normalized spacial score (nSPS) is 18.9. The van der Waals surface area contributed by atoms with Crippen LogP contribution in [0.5, 0.6) is 5.75 Å². The molecule has 21 heavy (non-hydrogen) atoms. The van der Waals surface area contributed by atoms with Gasteiger partial charge in [0, 0.05) is 17.3 Å². The van der Waals surface area contributed by atoms with Crippen molar-refractivity contribution >= 4 is 11.8 Å². The number of rotatable bonds is 7. The maximum Gasteiger partial charge on any atom is 0.387 e. The molecular weight excluding hydrogens is 292 g/mol. The van der Waals surface area contributed by atoms with Gasteiger partial charge in [-0.1, -0.05) is 25.0 Å². The Balaban J connectivity index is 1.95. The smallest absolute Gasteiger partial charge is 0.387 e. The number of alkyl halides is 2.